The number of piperazine rings is 1. The largest absolute Gasteiger partial charge is 0.481 e. The Bertz CT molecular complexity index is 1700. The van der Waals surface area contributed by atoms with Gasteiger partial charge in [0.25, 0.3) is 11.8 Å². The van der Waals surface area contributed by atoms with E-state index in [0.717, 1.165) is 55.5 Å². The number of hydrogen-bond donors (Lipinski definition) is 3. The molecule has 0 spiro atoms. The molecule has 2 fully saturated rings. The number of carbonyl (C=O) groups excluding carboxylic acids is 4. The van der Waals surface area contributed by atoms with Crippen LogP contribution in [-0.4, -0.2) is 100 Å². The molecule has 280 valence electrons. The summed E-state index contributed by atoms with van der Waals surface area (Å²) in [5, 5.41) is 11.2. The second kappa shape index (κ2) is 17.3. The van der Waals surface area contributed by atoms with Crippen molar-refractivity contribution in [2.75, 3.05) is 45.7 Å². The van der Waals surface area contributed by atoms with E-state index in [0.29, 0.717) is 44.6 Å². The molecule has 3 atom stereocenters. The number of likely N-dealkylation sites (N-methyl/N-ethyl adjacent to an activating group) is 1. The molecule has 2 aromatic heterocycles. The Labute approximate surface area is 303 Å². The average Bonchev–Trinajstić information content (AvgIpc) is 3.56. The van der Waals surface area contributed by atoms with E-state index in [1.807, 2.05) is 7.05 Å². The number of anilines is 1. The number of hydrogen-bond acceptors (Lipinski definition) is 10. The maximum Gasteiger partial charge on any atom is 0.351 e. The number of nitrogens with zero attached hydrogens (tertiary/aromatic N) is 5. The molecule has 5 rings (SSSR count). The first kappa shape index (κ1) is 38.6. The predicted molar refractivity (Wildman–Crippen MR) is 186 cm³/mol. The Morgan fingerprint density at radius 3 is 2.29 bits per heavy atom. The molecule has 0 radical (unpaired) electrons. The summed E-state index contributed by atoms with van der Waals surface area (Å²) in [5.41, 5.74) is -0.542. The molecule has 3 aromatic rings. The molecule has 13 nitrogen and oxygen atoms in total. The van der Waals surface area contributed by atoms with E-state index in [1.165, 1.54) is 31.5 Å². The first-order valence-electron chi connectivity index (χ1n) is 17.2. The van der Waals surface area contributed by atoms with Gasteiger partial charge < -0.3 is 30.5 Å². The maximum atomic E-state index is 15.8. The summed E-state index contributed by atoms with van der Waals surface area (Å²) in [6, 6.07) is 3.80. The van der Waals surface area contributed by atoms with Gasteiger partial charge in [0.05, 0.1) is 19.0 Å². The van der Waals surface area contributed by atoms with E-state index in [1.54, 1.807) is 11.8 Å². The molecular formula is C35H43F3N8O5S. The highest BCUT2D eigenvalue weighted by Crippen LogP contribution is 2.32. The zero-order valence-electron chi connectivity index (χ0n) is 29.2. The molecule has 1 saturated heterocycles. The average molecular weight is 745 g/mol. The predicted octanol–water partition coefficient (Wildman–Crippen LogP) is 3.94. The zero-order valence-corrected chi connectivity index (χ0v) is 30.1. The second-order valence-electron chi connectivity index (χ2n) is 13.2. The lowest BCUT2D eigenvalue weighted by atomic mass is 9.90. The fourth-order valence-electron chi connectivity index (χ4n) is 6.51. The molecule has 3 unspecified atom stereocenters. The summed E-state index contributed by atoms with van der Waals surface area (Å²) >= 11 is 0.877. The van der Waals surface area contributed by atoms with Gasteiger partial charge in [-0.25, -0.2) is 9.37 Å². The maximum absolute atomic E-state index is 15.8. The Balaban J connectivity index is 1.35. The van der Waals surface area contributed by atoms with E-state index in [4.69, 9.17) is 4.74 Å². The summed E-state index contributed by atoms with van der Waals surface area (Å²) < 4.78 is 55.1. The molecular weight excluding hydrogens is 701 g/mol. The monoisotopic (exact) mass is 744 g/mol. The molecule has 17 heteroatoms. The topological polar surface area (TPSA) is 159 Å². The van der Waals surface area contributed by atoms with Crippen LogP contribution in [0.25, 0.3) is 0 Å². The van der Waals surface area contributed by atoms with E-state index in [2.05, 4.69) is 35.4 Å². The smallest absolute Gasteiger partial charge is 0.351 e. The Morgan fingerprint density at radius 1 is 0.981 bits per heavy atom. The van der Waals surface area contributed by atoms with Gasteiger partial charge in [-0.3, -0.25) is 19.2 Å². The fraction of sp³-hybridized carbons (Fsp3) is 0.514. The van der Waals surface area contributed by atoms with Crippen LogP contribution in [0.15, 0.2) is 42.7 Å². The number of amides is 4. The van der Waals surface area contributed by atoms with Crippen LogP contribution in [0, 0.1) is 11.7 Å². The molecule has 1 aliphatic heterocycles. The van der Waals surface area contributed by atoms with Crippen molar-refractivity contribution < 1.29 is 37.1 Å². The number of alkyl halides is 2. The normalized spacial score (nSPS) is 17.7. The Morgan fingerprint density at radius 2 is 1.69 bits per heavy atom. The van der Waals surface area contributed by atoms with Crippen molar-refractivity contribution in [1.82, 2.24) is 35.0 Å². The Kier molecular flexibility index (Phi) is 12.8. The first-order valence-corrected chi connectivity index (χ1v) is 18.0. The number of halogens is 3. The highest BCUT2D eigenvalue weighted by Gasteiger charge is 2.44. The standard InChI is InChI=1S/C35H43F3N8O5S/c1-21(29(42-31(47)27-20-40-44-52-27)33(49)46-16-14-45(2)15-17-46)23-10-12-26(25(36)18-23)41-32(48)30(22-8-6-4-5-7-9-22)43-34(50)35(37,38)24-11-13-28(51-3)39-19-24/h10-13,18-22,29-30H,4-9,14-17H2,1-3H3,(H,41,48)(H,42,47)(H,43,50). The van der Waals surface area contributed by atoms with E-state index < -0.39 is 58.9 Å². The number of pyridine rings is 1. The number of nitrogens with one attached hydrogen (secondary N) is 3. The lowest BCUT2D eigenvalue weighted by molar-refractivity contribution is -0.149. The summed E-state index contributed by atoms with van der Waals surface area (Å²) in [5.74, 6) is -9.32. The lowest BCUT2D eigenvalue weighted by Crippen LogP contribution is -2.55. The highest BCUT2D eigenvalue weighted by molar-refractivity contribution is 7.07. The number of aromatic nitrogens is 3. The van der Waals surface area contributed by atoms with E-state index in [9.17, 15) is 19.2 Å². The van der Waals surface area contributed by atoms with Gasteiger partial charge in [0, 0.05) is 49.9 Å². The van der Waals surface area contributed by atoms with Crippen LogP contribution in [0.3, 0.4) is 0 Å². The molecule has 4 amide bonds. The molecule has 52 heavy (non-hydrogen) atoms. The van der Waals surface area contributed by atoms with Gasteiger partial charge in [-0.1, -0.05) is 43.2 Å². The van der Waals surface area contributed by atoms with Gasteiger partial charge in [0.1, 0.15) is 22.8 Å². The van der Waals surface area contributed by atoms with Crippen LogP contribution in [0.2, 0.25) is 0 Å². The van der Waals surface area contributed by atoms with Crippen molar-refractivity contribution in [3.05, 3.63) is 64.5 Å². The van der Waals surface area contributed by atoms with Crippen molar-refractivity contribution in [2.24, 2.45) is 5.92 Å². The van der Waals surface area contributed by atoms with Gasteiger partial charge >= 0.3 is 5.92 Å². The molecule has 3 N–H and O–H groups in total. The van der Waals surface area contributed by atoms with Crippen LogP contribution in [0.1, 0.15) is 72.2 Å². The van der Waals surface area contributed by atoms with Crippen molar-refractivity contribution in [3.63, 3.8) is 0 Å². The van der Waals surface area contributed by atoms with Crippen molar-refractivity contribution >= 4 is 40.8 Å². The minimum Gasteiger partial charge on any atom is -0.481 e. The van der Waals surface area contributed by atoms with Crippen LogP contribution >= 0.6 is 11.5 Å². The van der Waals surface area contributed by atoms with Crippen LogP contribution in [0.4, 0.5) is 18.9 Å². The number of benzene rings is 1. The minimum absolute atomic E-state index is 0.0912. The fourth-order valence-corrected chi connectivity index (χ4v) is 6.93. The van der Waals surface area contributed by atoms with Crippen LogP contribution in [0.5, 0.6) is 5.88 Å². The van der Waals surface area contributed by atoms with Gasteiger partial charge in [-0.05, 0) is 61.1 Å². The third kappa shape index (κ3) is 9.23. The van der Waals surface area contributed by atoms with Crippen molar-refractivity contribution in [2.45, 2.75) is 69.4 Å². The molecule has 1 aromatic carbocycles. The second-order valence-corrected chi connectivity index (χ2v) is 14.0. The first-order chi connectivity index (χ1) is 24.9. The van der Waals surface area contributed by atoms with Gasteiger partial charge in [0.2, 0.25) is 17.7 Å². The zero-order chi connectivity index (χ0) is 37.4. The number of rotatable bonds is 12. The van der Waals surface area contributed by atoms with Crippen LogP contribution < -0.4 is 20.7 Å². The van der Waals surface area contributed by atoms with E-state index >= 15 is 13.2 Å². The summed E-state index contributed by atoms with van der Waals surface area (Å²) in [6.45, 7) is 3.91. The molecule has 0 bridgehead atoms. The minimum atomic E-state index is -4.02. The summed E-state index contributed by atoms with van der Waals surface area (Å²) in [6.07, 6.45) is 6.45. The lowest BCUT2D eigenvalue weighted by Gasteiger charge is -2.36. The van der Waals surface area contributed by atoms with Gasteiger partial charge in [-0.2, -0.15) is 8.78 Å². The number of methoxy groups -OCH3 is 1. The van der Waals surface area contributed by atoms with Gasteiger partial charge in [0.15, 0.2) is 0 Å². The van der Waals surface area contributed by atoms with Crippen LogP contribution in [-0.2, 0) is 20.3 Å². The molecule has 3 heterocycles. The Hall–Kier alpha value is -4.64. The summed E-state index contributed by atoms with van der Waals surface area (Å²) in [4.78, 5) is 61.3. The molecule has 1 aliphatic carbocycles. The quantitative estimate of drug-likeness (QED) is 0.234. The van der Waals surface area contributed by atoms with E-state index in [-0.39, 0.29) is 22.4 Å². The summed E-state index contributed by atoms with van der Waals surface area (Å²) in [7, 11) is 3.28. The van der Waals surface area contributed by atoms with Crippen molar-refractivity contribution in [3.8, 4) is 5.88 Å². The molecule has 1 saturated carbocycles. The third-order valence-electron chi connectivity index (χ3n) is 9.76. The number of carbonyl (C=O) groups is 4. The molecule has 2 aliphatic rings. The van der Waals surface area contributed by atoms with Gasteiger partial charge in [-0.15, -0.1) is 5.10 Å². The highest BCUT2D eigenvalue weighted by atomic mass is 32.1. The third-order valence-corrected chi connectivity index (χ3v) is 10.4. The SMILES string of the molecule is COc1ccc(C(F)(F)C(=O)NC(C(=O)Nc2ccc(C(C)C(NC(=O)c3cnns3)C(=O)N3CCN(C)CC3)cc2F)C2CCCCCC2)cn1. The number of ether oxygens (including phenoxy) is 1. The van der Waals surface area contributed by atoms with Crippen molar-refractivity contribution in [1.29, 1.82) is 0 Å².